The van der Waals surface area contributed by atoms with Gasteiger partial charge in [0.2, 0.25) is 5.91 Å². The molecule has 0 radical (unpaired) electrons. The van der Waals surface area contributed by atoms with E-state index in [0.717, 1.165) is 5.69 Å². The van der Waals surface area contributed by atoms with Crippen LogP contribution in [-0.2, 0) is 4.79 Å². The van der Waals surface area contributed by atoms with Crippen molar-refractivity contribution in [3.05, 3.63) is 85.5 Å². The number of para-hydroxylation sites is 1. The van der Waals surface area contributed by atoms with Gasteiger partial charge in [0.1, 0.15) is 0 Å². The molecule has 2 rings (SSSR count). The van der Waals surface area contributed by atoms with Crippen molar-refractivity contribution < 1.29 is 9.59 Å². The summed E-state index contributed by atoms with van der Waals surface area (Å²) in [6.45, 7) is 8.81. The zero-order chi connectivity index (χ0) is 19.6. The molecule has 2 amide bonds. The molecule has 0 atom stereocenters. The van der Waals surface area contributed by atoms with Crippen molar-refractivity contribution in [2.45, 2.75) is 0 Å². The lowest BCUT2D eigenvalue weighted by Crippen LogP contribution is -2.33. The zero-order valence-corrected chi connectivity index (χ0v) is 15.6. The molecule has 0 heterocycles. The van der Waals surface area contributed by atoms with Crippen LogP contribution in [0.25, 0.3) is 0 Å². The maximum Gasteiger partial charge on any atom is 0.258 e. The van der Waals surface area contributed by atoms with Crippen molar-refractivity contribution in [1.29, 1.82) is 0 Å². The molecule has 0 spiro atoms. The second-order valence-electron chi connectivity index (χ2n) is 6.10. The Morgan fingerprint density at radius 1 is 1.00 bits per heavy atom. The first-order chi connectivity index (χ1) is 13.0. The molecule has 0 saturated carbocycles. The fourth-order valence-corrected chi connectivity index (χ4v) is 2.66. The van der Waals surface area contributed by atoms with E-state index in [-0.39, 0.29) is 18.4 Å². The Morgan fingerprint density at radius 3 is 2.30 bits per heavy atom. The van der Waals surface area contributed by atoms with Gasteiger partial charge in [0.25, 0.3) is 5.91 Å². The van der Waals surface area contributed by atoms with Crippen molar-refractivity contribution >= 4 is 23.2 Å². The van der Waals surface area contributed by atoms with E-state index in [2.05, 4.69) is 18.5 Å². The fraction of sp³-hybridized carbons (Fsp3) is 0.182. The quantitative estimate of drug-likeness (QED) is 0.693. The minimum Gasteiger partial charge on any atom is -0.325 e. The van der Waals surface area contributed by atoms with Gasteiger partial charge < -0.3 is 10.2 Å². The highest BCUT2D eigenvalue weighted by Crippen LogP contribution is 2.17. The Morgan fingerprint density at radius 2 is 1.67 bits per heavy atom. The SMILES string of the molecule is C=CCN(CC=C)CC(=O)Nc1cccc(C(=O)N(C)c2ccccc2)c1. The fourth-order valence-electron chi connectivity index (χ4n) is 2.66. The molecule has 0 aliphatic heterocycles. The Balaban J connectivity index is 2.06. The van der Waals surface area contributed by atoms with E-state index in [1.807, 2.05) is 35.2 Å². The third-order valence-electron chi connectivity index (χ3n) is 3.98. The number of anilines is 2. The molecule has 0 saturated heterocycles. The number of hydrogen-bond acceptors (Lipinski definition) is 3. The molecule has 5 heteroatoms. The maximum absolute atomic E-state index is 12.7. The zero-order valence-electron chi connectivity index (χ0n) is 15.6. The Bertz CT molecular complexity index is 792. The van der Waals surface area contributed by atoms with Crippen LogP contribution in [0.2, 0.25) is 0 Å². The van der Waals surface area contributed by atoms with Crippen molar-refractivity contribution in [2.75, 3.05) is 36.9 Å². The van der Waals surface area contributed by atoms with E-state index in [9.17, 15) is 9.59 Å². The molecule has 1 N–H and O–H groups in total. The molecular weight excluding hydrogens is 338 g/mol. The number of carbonyl (C=O) groups excluding carboxylic acids is 2. The summed E-state index contributed by atoms with van der Waals surface area (Å²) in [4.78, 5) is 28.5. The monoisotopic (exact) mass is 363 g/mol. The van der Waals surface area contributed by atoms with Crippen LogP contribution in [0.4, 0.5) is 11.4 Å². The van der Waals surface area contributed by atoms with Crippen molar-refractivity contribution in [2.24, 2.45) is 0 Å². The standard InChI is InChI=1S/C22H25N3O2/c1-4-14-25(15-5-2)17-21(26)23-19-11-9-10-18(16-19)22(27)24(3)20-12-7-6-8-13-20/h4-13,16H,1-2,14-15,17H2,3H3,(H,23,26). The smallest absolute Gasteiger partial charge is 0.258 e. The summed E-state index contributed by atoms with van der Waals surface area (Å²) in [5, 5.41) is 2.84. The average molecular weight is 363 g/mol. The normalized spacial score (nSPS) is 10.3. The Kier molecular flexibility index (Phi) is 7.52. The van der Waals surface area contributed by atoms with Crippen molar-refractivity contribution in [1.82, 2.24) is 4.90 Å². The lowest BCUT2D eigenvalue weighted by atomic mass is 10.1. The Labute approximate surface area is 160 Å². The number of nitrogens with one attached hydrogen (secondary N) is 1. The van der Waals surface area contributed by atoms with E-state index in [1.54, 1.807) is 48.4 Å². The second-order valence-corrected chi connectivity index (χ2v) is 6.10. The van der Waals surface area contributed by atoms with Gasteiger partial charge in [0.05, 0.1) is 6.54 Å². The molecule has 0 bridgehead atoms. The second kappa shape index (κ2) is 10.1. The molecular formula is C22H25N3O2. The van der Waals surface area contributed by atoms with Gasteiger partial charge in [-0.25, -0.2) is 0 Å². The van der Waals surface area contributed by atoms with Crippen LogP contribution in [0.15, 0.2) is 79.9 Å². The number of amides is 2. The molecule has 0 aliphatic rings. The molecule has 0 fully saturated rings. The lowest BCUT2D eigenvalue weighted by Gasteiger charge is -2.19. The molecule has 0 aromatic heterocycles. The maximum atomic E-state index is 12.7. The molecule has 140 valence electrons. The first kappa shape index (κ1) is 20.1. The summed E-state index contributed by atoms with van der Waals surface area (Å²) in [6.07, 6.45) is 3.49. The molecule has 27 heavy (non-hydrogen) atoms. The van der Waals surface area contributed by atoms with E-state index in [4.69, 9.17) is 0 Å². The third-order valence-corrected chi connectivity index (χ3v) is 3.98. The van der Waals surface area contributed by atoms with Crippen LogP contribution >= 0.6 is 0 Å². The van der Waals surface area contributed by atoms with E-state index in [1.165, 1.54) is 0 Å². The minimum atomic E-state index is -0.153. The first-order valence-electron chi connectivity index (χ1n) is 8.72. The minimum absolute atomic E-state index is 0.141. The van der Waals surface area contributed by atoms with E-state index < -0.39 is 0 Å². The van der Waals surface area contributed by atoms with Crippen LogP contribution in [0, 0.1) is 0 Å². The lowest BCUT2D eigenvalue weighted by molar-refractivity contribution is -0.117. The summed E-state index contributed by atoms with van der Waals surface area (Å²) in [7, 11) is 1.73. The summed E-state index contributed by atoms with van der Waals surface area (Å²) in [5.41, 5.74) is 1.90. The van der Waals surface area contributed by atoms with Crippen molar-refractivity contribution in [3.63, 3.8) is 0 Å². The van der Waals surface area contributed by atoms with Gasteiger partial charge in [-0.15, -0.1) is 13.2 Å². The highest BCUT2D eigenvalue weighted by Gasteiger charge is 2.14. The van der Waals surface area contributed by atoms with Gasteiger partial charge in [-0.3, -0.25) is 14.5 Å². The third kappa shape index (κ3) is 5.94. The van der Waals surface area contributed by atoms with Crippen LogP contribution in [-0.4, -0.2) is 43.4 Å². The highest BCUT2D eigenvalue weighted by atomic mass is 16.2. The molecule has 2 aromatic rings. The Hall–Kier alpha value is -3.18. The molecule has 0 aliphatic carbocycles. The summed E-state index contributed by atoms with van der Waals surface area (Å²) in [5.74, 6) is -0.294. The first-order valence-corrected chi connectivity index (χ1v) is 8.72. The van der Waals surface area contributed by atoms with Gasteiger partial charge in [0.15, 0.2) is 0 Å². The van der Waals surface area contributed by atoms with Crippen LogP contribution in [0.1, 0.15) is 10.4 Å². The number of benzene rings is 2. The largest absolute Gasteiger partial charge is 0.325 e. The van der Waals surface area contributed by atoms with Crippen molar-refractivity contribution in [3.8, 4) is 0 Å². The predicted molar refractivity (Wildman–Crippen MR) is 111 cm³/mol. The van der Waals surface area contributed by atoms with E-state index in [0.29, 0.717) is 24.3 Å². The predicted octanol–water partition coefficient (Wildman–Crippen LogP) is 3.58. The van der Waals surface area contributed by atoms with Crippen LogP contribution in [0.5, 0.6) is 0 Å². The number of carbonyl (C=O) groups is 2. The topological polar surface area (TPSA) is 52.7 Å². The number of rotatable bonds is 9. The van der Waals surface area contributed by atoms with Gasteiger partial charge in [-0.05, 0) is 30.3 Å². The van der Waals surface area contributed by atoms with Gasteiger partial charge in [-0.2, -0.15) is 0 Å². The summed E-state index contributed by atoms with van der Waals surface area (Å²) >= 11 is 0. The summed E-state index contributed by atoms with van der Waals surface area (Å²) in [6, 6.07) is 16.4. The molecule has 5 nitrogen and oxygen atoms in total. The molecule has 2 aromatic carbocycles. The van der Waals surface area contributed by atoms with Gasteiger partial charge in [0, 0.05) is 37.1 Å². The van der Waals surface area contributed by atoms with E-state index >= 15 is 0 Å². The van der Waals surface area contributed by atoms with Gasteiger partial charge in [-0.1, -0.05) is 36.4 Å². The summed E-state index contributed by atoms with van der Waals surface area (Å²) < 4.78 is 0. The highest BCUT2D eigenvalue weighted by molar-refractivity contribution is 6.06. The number of nitrogens with zero attached hydrogens (tertiary/aromatic N) is 2. The van der Waals surface area contributed by atoms with Gasteiger partial charge >= 0.3 is 0 Å². The average Bonchev–Trinajstić information content (AvgIpc) is 2.68. The van der Waals surface area contributed by atoms with Crippen LogP contribution in [0.3, 0.4) is 0 Å². The van der Waals surface area contributed by atoms with Crippen LogP contribution < -0.4 is 10.2 Å². The number of hydrogen-bond donors (Lipinski definition) is 1. The molecule has 0 unspecified atom stereocenters.